The topological polar surface area (TPSA) is 115 Å². The smallest absolute Gasteiger partial charge is 0.222 e. The Morgan fingerprint density at radius 3 is 2.49 bits per heavy atom. The highest BCUT2D eigenvalue weighted by molar-refractivity contribution is 6.09. The second-order valence-electron chi connectivity index (χ2n) is 9.68. The maximum atomic E-state index is 8.29. The molecule has 0 aliphatic carbocycles. The third-order valence-corrected chi connectivity index (χ3v) is 6.94. The molecule has 1 fully saturated rings. The summed E-state index contributed by atoms with van der Waals surface area (Å²) in [5, 5.41) is 9.31. The van der Waals surface area contributed by atoms with E-state index in [9.17, 15) is 0 Å². The Bertz CT molecular complexity index is 1310. The monoisotopic (exact) mass is 504 g/mol. The summed E-state index contributed by atoms with van der Waals surface area (Å²) in [6.45, 7) is 6.44. The molecule has 0 unspecified atom stereocenters. The van der Waals surface area contributed by atoms with Crippen LogP contribution < -0.4 is 16.2 Å². The molecule has 5 rings (SSSR count). The number of unbranched alkanes of at least 4 members (excludes halogenated alkanes) is 3. The number of fused-ring (bicyclic) bond motifs is 3. The first-order chi connectivity index (χ1) is 18.0. The molecule has 0 amide bonds. The number of nitrogens with two attached hydrogens (primary N) is 2. The lowest BCUT2D eigenvalue weighted by Gasteiger charge is -2.17. The highest BCUT2D eigenvalue weighted by Gasteiger charge is 2.18. The van der Waals surface area contributed by atoms with E-state index in [1.165, 1.54) is 50.8 Å². The lowest BCUT2D eigenvalue weighted by atomic mass is 10.1. The average Bonchev–Trinajstić information content (AvgIpc) is 3.52. The fourth-order valence-corrected chi connectivity index (χ4v) is 5.10. The van der Waals surface area contributed by atoms with Gasteiger partial charge in [-0.1, -0.05) is 50.5 Å². The molecule has 8 nitrogen and oxygen atoms in total. The number of aliphatic hydroxyl groups excluding tert-OH is 1. The first-order valence-corrected chi connectivity index (χ1v) is 13.3. The van der Waals surface area contributed by atoms with E-state index >= 15 is 0 Å². The summed E-state index contributed by atoms with van der Waals surface area (Å²) in [7, 11) is 1.71. The summed E-state index contributed by atoms with van der Waals surface area (Å²) in [5.74, 6) is 1.44. The van der Waals surface area contributed by atoms with E-state index in [1.54, 1.807) is 7.11 Å². The van der Waals surface area contributed by atoms with Gasteiger partial charge < -0.3 is 25.9 Å². The number of likely N-dealkylation sites (tertiary alicyclic amines) is 1. The van der Waals surface area contributed by atoms with Crippen LogP contribution >= 0.6 is 0 Å². The number of anilines is 2. The molecule has 0 bridgehead atoms. The molecule has 1 saturated heterocycles. The van der Waals surface area contributed by atoms with Gasteiger partial charge >= 0.3 is 0 Å². The van der Waals surface area contributed by atoms with Crippen LogP contribution in [-0.4, -0.2) is 51.3 Å². The zero-order valence-electron chi connectivity index (χ0n) is 22.1. The van der Waals surface area contributed by atoms with Gasteiger partial charge in [0.05, 0.1) is 19.2 Å². The lowest BCUT2D eigenvalue weighted by molar-refractivity contribution is 0.283. The zero-order valence-corrected chi connectivity index (χ0v) is 22.1. The lowest BCUT2D eigenvalue weighted by Crippen LogP contribution is -2.18. The van der Waals surface area contributed by atoms with Crippen LogP contribution in [-0.2, 0) is 13.1 Å². The van der Waals surface area contributed by atoms with Crippen molar-refractivity contribution in [1.82, 2.24) is 19.4 Å². The molecule has 37 heavy (non-hydrogen) atoms. The number of hydrogen-bond acceptors (Lipinski definition) is 7. The number of rotatable bonds is 9. The summed E-state index contributed by atoms with van der Waals surface area (Å²) < 4.78 is 7.85. The summed E-state index contributed by atoms with van der Waals surface area (Å²) in [6, 6.07) is 14.6. The number of ether oxygens (including phenoxy) is 1. The molecular formula is C29H40N6O2. The van der Waals surface area contributed by atoms with Gasteiger partial charge in [0.15, 0.2) is 5.82 Å². The second kappa shape index (κ2) is 12.7. The van der Waals surface area contributed by atoms with Crippen molar-refractivity contribution in [2.75, 3.05) is 38.3 Å². The van der Waals surface area contributed by atoms with Gasteiger partial charge in [-0.15, -0.1) is 0 Å². The predicted octanol–water partition coefficient (Wildman–Crippen LogP) is 4.96. The van der Waals surface area contributed by atoms with Crippen LogP contribution in [0.3, 0.4) is 0 Å². The quantitative estimate of drug-likeness (QED) is 0.276. The maximum absolute atomic E-state index is 8.29. The number of hydrogen-bond donors (Lipinski definition) is 3. The molecular weight excluding hydrogens is 464 g/mol. The van der Waals surface area contributed by atoms with Crippen molar-refractivity contribution < 1.29 is 9.84 Å². The van der Waals surface area contributed by atoms with Crippen LogP contribution in [0.15, 0.2) is 42.5 Å². The fraction of sp³-hybridized carbons (Fsp3) is 0.448. The number of benzene rings is 2. The van der Waals surface area contributed by atoms with Crippen molar-refractivity contribution >= 4 is 33.7 Å². The van der Waals surface area contributed by atoms with Crippen LogP contribution in [0.5, 0.6) is 5.75 Å². The van der Waals surface area contributed by atoms with Crippen LogP contribution in [0.25, 0.3) is 21.9 Å². The van der Waals surface area contributed by atoms with Crippen molar-refractivity contribution in [3.63, 3.8) is 0 Å². The van der Waals surface area contributed by atoms with E-state index < -0.39 is 0 Å². The number of para-hydroxylation sites is 1. The van der Waals surface area contributed by atoms with Gasteiger partial charge in [0.25, 0.3) is 0 Å². The Morgan fingerprint density at radius 1 is 0.973 bits per heavy atom. The minimum atomic E-state index is 0.188. The SMILES string of the molecule is CCCCCCO.COc1ccc(CN2CCCC2)cc1Cn1c2ccccc2c2nc(N)nc(N)c21. The summed E-state index contributed by atoms with van der Waals surface area (Å²) in [4.78, 5) is 11.2. The van der Waals surface area contributed by atoms with Crippen LogP contribution in [0.2, 0.25) is 0 Å². The molecule has 198 valence electrons. The Labute approximate surface area is 219 Å². The van der Waals surface area contributed by atoms with E-state index in [1.807, 2.05) is 18.2 Å². The fourth-order valence-electron chi connectivity index (χ4n) is 5.10. The summed E-state index contributed by atoms with van der Waals surface area (Å²) in [6.07, 6.45) is 7.25. The third kappa shape index (κ3) is 6.32. The van der Waals surface area contributed by atoms with E-state index in [-0.39, 0.29) is 5.95 Å². The van der Waals surface area contributed by atoms with Gasteiger partial charge in [-0.2, -0.15) is 4.98 Å². The molecule has 2 aromatic carbocycles. The molecule has 1 aliphatic heterocycles. The van der Waals surface area contributed by atoms with Gasteiger partial charge in [-0.3, -0.25) is 4.90 Å². The largest absolute Gasteiger partial charge is 0.496 e. The molecule has 4 aromatic rings. The number of nitrogens with zero attached hydrogens (tertiary/aromatic N) is 4. The van der Waals surface area contributed by atoms with E-state index in [2.05, 4.69) is 50.6 Å². The predicted molar refractivity (Wildman–Crippen MR) is 152 cm³/mol. The van der Waals surface area contributed by atoms with Crippen LogP contribution in [0.1, 0.15) is 56.6 Å². The van der Waals surface area contributed by atoms with E-state index in [0.717, 1.165) is 46.2 Å². The van der Waals surface area contributed by atoms with Crippen molar-refractivity contribution in [3.8, 4) is 5.75 Å². The third-order valence-electron chi connectivity index (χ3n) is 6.94. The number of aromatic nitrogens is 3. The molecule has 0 spiro atoms. The van der Waals surface area contributed by atoms with Gasteiger partial charge in [0, 0.05) is 24.1 Å². The molecule has 2 aromatic heterocycles. The van der Waals surface area contributed by atoms with Crippen molar-refractivity contribution in [2.24, 2.45) is 0 Å². The Balaban J connectivity index is 0.000000405. The minimum Gasteiger partial charge on any atom is -0.496 e. The van der Waals surface area contributed by atoms with E-state index in [0.29, 0.717) is 19.0 Å². The maximum Gasteiger partial charge on any atom is 0.222 e. The number of nitrogen functional groups attached to an aromatic ring is 2. The normalized spacial score (nSPS) is 13.7. The first kappa shape index (κ1) is 26.7. The van der Waals surface area contributed by atoms with Gasteiger partial charge in [-0.25, -0.2) is 4.98 Å². The second-order valence-corrected chi connectivity index (χ2v) is 9.68. The standard InChI is InChI=1S/C23H26N6O.C6H14O/c1-30-19-9-8-15(13-28-10-4-5-11-28)12-16(19)14-29-18-7-3-2-6-17(18)20-21(29)22(24)27-23(25)26-20;1-2-3-4-5-6-7/h2-3,6-9,12H,4-5,10-11,13-14H2,1H3,(H4,24,25,26,27);7H,2-6H2,1H3. The number of aliphatic hydroxyl groups is 1. The van der Waals surface area contributed by atoms with Gasteiger partial charge in [0.1, 0.15) is 16.8 Å². The number of methoxy groups -OCH3 is 1. The average molecular weight is 505 g/mol. The Morgan fingerprint density at radius 2 is 1.76 bits per heavy atom. The molecule has 8 heteroatoms. The Kier molecular flexibility index (Phi) is 9.19. The zero-order chi connectivity index (χ0) is 26.2. The van der Waals surface area contributed by atoms with Crippen LogP contribution in [0.4, 0.5) is 11.8 Å². The Hall–Kier alpha value is -3.36. The molecule has 3 heterocycles. The molecule has 5 N–H and O–H groups in total. The highest BCUT2D eigenvalue weighted by atomic mass is 16.5. The van der Waals surface area contributed by atoms with Crippen molar-refractivity contribution in [2.45, 2.75) is 58.5 Å². The van der Waals surface area contributed by atoms with Crippen molar-refractivity contribution in [1.29, 1.82) is 0 Å². The molecule has 0 saturated carbocycles. The molecule has 0 atom stereocenters. The van der Waals surface area contributed by atoms with Crippen LogP contribution in [0, 0.1) is 0 Å². The molecule has 0 radical (unpaired) electrons. The summed E-state index contributed by atoms with van der Waals surface area (Å²) in [5.41, 5.74) is 17.2. The molecule has 1 aliphatic rings. The highest BCUT2D eigenvalue weighted by Crippen LogP contribution is 2.33. The summed E-state index contributed by atoms with van der Waals surface area (Å²) >= 11 is 0. The van der Waals surface area contributed by atoms with Gasteiger partial charge in [-0.05, 0) is 56.1 Å². The minimum absolute atomic E-state index is 0.188. The first-order valence-electron chi connectivity index (χ1n) is 13.3. The van der Waals surface area contributed by atoms with E-state index in [4.69, 9.17) is 21.3 Å². The van der Waals surface area contributed by atoms with Gasteiger partial charge in [0.2, 0.25) is 5.95 Å². The van der Waals surface area contributed by atoms with Crippen molar-refractivity contribution in [3.05, 3.63) is 53.6 Å².